The molecule has 1 aromatic rings. The third kappa shape index (κ3) is 5.27. The second-order valence-electron chi connectivity index (χ2n) is 4.12. The third-order valence-corrected chi connectivity index (χ3v) is 2.55. The molecule has 0 aliphatic heterocycles. The Labute approximate surface area is 115 Å². The van der Waals surface area contributed by atoms with Gasteiger partial charge in [-0.1, -0.05) is 5.92 Å². The molecule has 2 nitrogen and oxygen atoms in total. The van der Waals surface area contributed by atoms with Gasteiger partial charge in [-0.15, -0.1) is 0 Å². The van der Waals surface area contributed by atoms with Gasteiger partial charge in [0.25, 0.3) is 0 Å². The third-order valence-electron chi connectivity index (χ3n) is 2.55. The number of hydrogen-bond donors (Lipinski definition) is 0. The van der Waals surface area contributed by atoms with E-state index in [4.69, 9.17) is 0 Å². The van der Waals surface area contributed by atoms with Crippen molar-refractivity contribution in [1.82, 2.24) is 0 Å². The van der Waals surface area contributed by atoms with E-state index in [0.29, 0.717) is 25.7 Å². The number of hydrogen-bond acceptors (Lipinski definition) is 2. The standard InChI is InChI=1S/C15H13F3O2/c16-15(17,18)13-9-7-12(8-10-13)14(20)6-4-2-1-3-5-11-19/h7-11H,1-3,5H2. The van der Waals surface area contributed by atoms with Crippen molar-refractivity contribution in [2.45, 2.75) is 31.9 Å². The average Bonchev–Trinajstić information content (AvgIpc) is 2.41. The molecule has 0 saturated heterocycles. The molecule has 0 aliphatic rings. The summed E-state index contributed by atoms with van der Waals surface area (Å²) in [6.45, 7) is 0. The maximum absolute atomic E-state index is 12.3. The van der Waals surface area contributed by atoms with Crippen LogP contribution in [0.3, 0.4) is 0 Å². The van der Waals surface area contributed by atoms with E-state index in [1.807, 2.05) is 0 Å². The molecule has 0 aliphatic carbocycles. The summed E-state index contributed by atoms with van der Waals surface area (Å²) >= 11 is 0. The fraction of sp³-hybridized carbons (Fsp3) is 0.333. The highest BCUT2D eigenvalue weighted by atomic mass is 19.4. The fourth-order valence-corrected chi connectivity index (χ4v) is 1.47. The predicted octanol–water partition coefficient (Wildman–Crippen LogP) is 3.65. The minimum absolute atomic E-state index is 0.137. The first-order chi connectivity index (χ1) is 9.45. The van der Waals surface area contributed by atoms with Gasteiger partial charge in [0, 0.05) is 18.4 Å². The molecule has 0 fully saturated rings. The van der Waals surface area contributed by atoms with E-state index in [-0.39, 0.29) is 5.56 Å². The van der Waals surface area contributed by atoms with E-state index in [1.54, 1.807) is 0 Å². The van der Waals surface area contributed by atoms with Gasteiger partial charge in [0.05, 0.1) is 5.56 Å². The Bertz CT molecular complexity index is 519. The second kappa shape index (κ2) is 7.49. The topological polar surface area (TPSA) is 34.1 Å². The van der Waals surface area contributed by atoms with Crippen LogP contribution < -0.4 is 0 Å². The van der Waals surface area contributed by atoms with Gasteiger partial charge in [0.1, 0.15) is 6.29 Å². The Balaban J connectivity index is 2.56. The van der Waals surface area contributed by atoms with Crippen LogP contribution in [0.5, 0.6) is 0 Å². The zero-order valence-corrected chi connectivity index (χ0v) is 10.7. The van der Waals surface area contributed by atoms with Crippen molar-refractivity contribution in [2.75, 3.05) is 0 Å². The number of ketones is 1. The summed E-state index contributed by atoms with van der Waals surface area (Å²) in [4.78, 5) is 21.6. The number of carbonyl (C=O) groups is 2. The Hall–Kier alpha value is -2.09. The summed E-state index contributed by atoms with van der Waals surface area (Å²) in [7, 11) is 0. The number of alkyl halides is 3. The first-order valence-corrected chi connectivity index (χ1v) is 6.09. The smallest absolute Gasteiger partial charge is 0.303 e. The highest BCUT2D eigenvalue weighted by molar-refractivity contribution is 6.08. The van der Waals surface area contributed by atoms with Crippen LogP contribution in [0.25, 0.3) is 0 Å². The van der Waals surface area contributed by atoms with Gasteiger partial charge in [0.15, 0.2) is 0 Å². The summed E-state index contributed by atoms with van der Waals surface area (Å²) in [5, 5.41) is 0. The lowest BCUT2D eigenvalue weighted by Gasteiger charge is -2.05. The van der Waals surface area contributed by atoms with Crippen molar-refractivity contribution in [3.63, 3.8) is 0 Å². The molecule has 0 bridgehead atoms. The lowest BCUT2D eigenvalue weighted by atomic mass is 10.1. The molecule has 20 heavy (non-hydrogen) atoms. The van der Waals surface area contributed by atoms with Crippen LogP contribution in [-0.2, 0) is 11.0 Å². The van der Waals surface area contributed by atoms with Crippen molar-refractivity contribution >= 4 is 12.1 Å². The predicted molar refractivity (Wildman–Crippen MR) is 68.1 cm³/mol. The van der Waals surface area contributed by atoms with Crippen LogP contribution in [0.15, 0.2) is 24.3 Å². The highest BCUT2D eigenvalue weighted by Gasteiger charge is 2.30. The SMILES string of the molecule is O=CCCCCC#CC(=O)c1ccc(C(F)(F)F)cc1. The largest absolute Gasteiger partial charge is 0.416 e. The minimum atomic E-state index is -4.41. The molecule has 0 amide bonds. The van der Waals surface area contributed by atoms with Crippen LogP contribution in [0.1, 0.15) is 41.6 Å². The normalized spacial score (nSPS) is 10.6. The zero-order valence-electron chi connectivity index (χ0n) is 10.7. The number of rotatable bonds is 5. The van der Waals surface area contributed by atoms with Crippen LogP contribution in [0.4, 0.5) is 13.2 Å². The molecule has 0 saturated carbocycles. The molecule has 0 heterocycles. The maximum atomic E-state index is 12.3. The molecule has 5 heteroatoms. The van der Waals surface area contributed by atoms with E-state index in [0.717, 1.165) is 30.6 Å². The van der Waals surface area contributed by atoms with Crippen molar-refractivity contribution in [3.8, 4) is 11.8 Å². The number of unbranched alkanes of at least 4 members (excludes halogenated alkanes) is 3. The summed E-state index contributed by atoms with van der Waals surface area (Å²) in [6.07, 6.45) is -1.21. The van der Waals surface area contributed by atoms with Crippen LogP contribution >= 0.6 is 0 Å². The molecular formula is C15H13F3O2. The number of benzene rings is 1. The van der Waals surface area contributed by atoms with Crippen molar-refractivity contribution in [1.29, 1.82) is 0 Å². The molecule has 0 atom stereocenters. The molecule has 0 radical (unpaired) electrons. The van der Waals surface area contributed by atoms with Gasteiger partial charge in [-0.2, -0.15) is 13.2 Å². The van der Waals surface area contributed by atoms with Gasteiger partial charge in [-0.3, -0.25) is 4.79 Å². The van der Waals surface area contributed by atoms with Gasteiger partial charge < -0.3 is 4.79 Å². The molecule has 0 spiro atoms. The Morgan fingerprint density at radius 2 is 1.80 bits per heavy atom. The molecule has 0 aromatic heterocycles. The van der Waals surface area contributed by atoms with E-state index in [1.165, 1.54) is 0 Å². The Morgan fingerprint density at radius 3 is 2.35 bits per heavy atom. The Morgan fingerprint density at radius 1 is 1.15 bits per heavy atom. The number of carbonyl (C=O) groups excluding carboxylic acids is 2. The molecule has 106 valence electrons. The van der Waals surface area contributed by atoms with Crippen LogP contribution in [0.2, 0.25) is 0 Å². The Kier molecular flexibility index (Phi) is 5.98. The minimum Gasteiger partial charge on any atom is -0.303 e. The van der Waals surface area contributed by atoms with Crippen molar-refractivity contribution in [2.24, 2.45) is 0 Å². The summed E-state index contributed by atoms with van der Waals surface area (Å²) in [6, 6.07) is 3.95. The first kappa shape index (κ1) is 16.0. The van der Waals surface area contributed by atoms with E-state index < -0.39 is 17.5 Å². The molecule has 0 unspecified atom stereocenters. The molecule has 0 N–H and O–H groups in total. The van der Waals surface area contributed by atoms with Crippen LogP contribution in [-0.4, -0.2) is 12.1 Å². The average molecular weight is 282 g/mol. The highest BCUT2D eigenvalue weighted by Crippen LogP contribution is 2.29. The summed E-state index contributed by atoms with van der Waals surface area (Å²) in [5.74, 6) is 4.52. The fourth-order valence-electron chi connectivity index (χ4n) is 1.47. The lowest BCUT2D eigenvalue weighted by Crippen LogP contribution is -2.05. The number of halogens is 3. The van der Waals surface area contributed by atoms with Crippen molar-refractivity contribution < 1.29 is 22.8 Å². The number of Topliss-reactive ketones (excluding diaryl/α,β-unsaturated/α-hetero) is 1. The zero-order chi connectivity index (χ0) is 15.0. The maximum Gasteiger partial charge on any atom is 0.416 e. The monoisotopic (exact) mass is 282 g/mol. The number of aldehydes is 1. The first-order valence-electron chi connectivity index (χ1n) is 6.09. The molecular weight excluding hydrogens is 269 g/mol. The molecule has 1 aromatic carbocycles. The second-order valence-corrected chi connectivity index (χ2v) is 4.12. The van der Waals surface area contributed by atoms with E-state index in [2.05, 4.69) is 11.8 Å². The van der Waals surface area contributed by atoms with Gasteiger partial charge in [-0.05, 0) is 43.0 Å². The quantitative estimate of drug-likeness (QED) is 0.271. The van der Waals surface area contributed by atoms with Gasteiger partial charge >= 0.3 is 6.18 Å². The van der Waals surface area contributed by atoms with Gasteiger partial charge in [-0.25, -0.2) is 0 Å². The lowest BCUT2D eigenvalue weighted by molar-refractivity contribution is -0.137. The summed E-state index contributed by atoms with van der Waals surface area (Å²) < 4.78 is 37.0. The van der Waals surface area contributed by atoms with E-state index in [9.17, 15) is 22.8 Å². The van der Waals surface area contributed by atoms with Crippen molar-refractivity contribution in [3.05, 3.63) is 35.4 Å². The van der Waals surface area contributed by atoms with E-state index >= 15 is 0 Å². The summed E-state index contributed by atoms with van der Waals surface area (Å²) in [5.41, 5.74) is -0.658. The van der Waals surface area contributed by atoms with Crippen LogP contribution in [0, 0.1) is 11.8 Å². The molecule has 1 rings (SSSR count). The van der Waals surface area contributed by atoms with Gasteiger partial charge in [0.2, 0.25) is 5.78 Å².